The lowest BCUT2D eigenvalue weighted by molar-refractivity contribution is -0.171. The van der Waals surface area contributed by atoms with Crippen LogP contribution in [0.3, 0.4) is 0 Å². The van der Waals surface area contributed by atoms with Crippen LogP contribution in [0.2, 0.25) is 0 Å². The van der Waals surface area contributed by atoms with Gasteiger partial charge in [-0.05, 0) is 6.42 Å². The van der Waals surface area contributed by atoms with Gasteiger partial charge in [0.05, 0.1) is 5.92 Å². The molecule has 0 spiro atoms. The summed E-state index contributed by atoms with van der Waals surface area (Å²) < 4.78 is 36.7. The molecule has 6 heteroatoms. The normalized spacial score (nSPS) is 22.9. The smallest absolute Gasteiger partial charge is 0.342 e. The van der Waals surface area contributed by atoms with E-state index in [1.165, 1.54) is 4.90 Å². The molecular formula is C8H13F3N2O. The van der Waals surface area contributed by atoms with Crippen molar-refractivity contribution in [1.82, 2.24) is 4.90 Å². The standard InChI is InChI=1S/C8H13F3N2O/c9-8(10,11)6-2-4-13(5-6)7(14)1-3-12/h6H,1-5,12H2/t6-/m0/s1. The molecule has 82 valence electrons. The quantitative estimate of drug-likeness (QED) is 0.730. The van der Waals surface area contributed by atoms with Crippen LogP contribution in [0.4, 0.5) is 13.2 Å². The molecule has 1 heterocycles. The van der Waals surface area contributed by atoms with Crippen LogP contribution in [0, 0.1) is 5.92 Å². The molecule has 0 aliphatic carbocycles. The summed E-state index contributed by atoms with van der Waals surface area (Å²) >= 11 is 0. The first-order valence-electron chi connectivity index (χ1n) is 4.49. The number of hydrogen-bond acceptors (Lipinski definition) is 2. The average Bonchev–Trinajstić information content (AvgIpc) is 2.51. The fourth-order valence-electron chi connectivity index (χ4n) is 1.54. The van der Waals surface area contributed by atoms with Crippen LogP contribution in [0.15, 0.2) is 0 Å². The van der Waals surface area contributed by atoms with Crippen LogP contribution in [0.25, 0.3) is 0 Å². The summed E-state index contributed by atoms with van der Waals surface area (Å²) in [5.41, 5.74) is 5.15. The lowest BCUT2D eigenvalue weighted by Crippen LogP contribution is -2.32. The number of carbonyl (C=O) groups excluding carboxylic acids is 1. The number of nitrogens with zero attached hydrogens (tertiary/aromatic N) is 1. The Bertz CT molecular complexity index is 217. The first-order valence-corrected chi connectivity index (χ1v) is 4.49. The van der Waals surface area contributed by atoms with Gasteiger partial charge in [-0.1, -0.05) is 0 Å². The van der Waals surface area contributed by atoms with Gasteiger partial charge in [0.25, 0.3) is 0 Å². The summed E-state index contributed by atoms with van der Waals surface area (Å²) in [4.78, 5) is 12.4. The summed E-state index contributed by atoms with van der Waals surface area (Å²) in [6, 6.07) is 0. The van der Waals surface area contributed by atoms with Gasteiger partial charge in [0, 0.05) is 26.1 Å². The van der Waals surface area contributed by atoms with Crippen molar-refractivity contribution in [1.29, 1.82) is 0 Å². The van der Waals surface area contributed by atoms with E-state index in [-0.39, 0.29) is 38.4 Å². The second kappa shape index (κ2) is 4.16. The van der Waals surface area contributed by atoms with Gasteiger partial charge in [-0.3, -0.25) is 4.79 Å². The summed E-state index contributed by atoms with van der Waals surface area (Å²) in [5.74, 6) is -1.64. The van der Waals surface area contributed by atoms with Crippen LogP contribution >= 0.6 is 0 Å². The molecule has 0 aromatic carbocycles. The summed E-state index contributed by atoms with van der Waals surface area (Å²) in [6.07, 6.45) is -4.04. The van der Waals surface area contributed by atoms with E-state index in [2.05, 4.69) is 0 Å². The zero-order valence-electron chi connectivity index (χ0n) is 7.68. The second-order valence-corrected chi connectivity index (χ2v) is 3.41. The van der Waals surface area contributed by atoms with Crippen molar-refractivity contribution in [2.75, 3.05) is 19.6 Å². The molecule has 14 heavy (non-hydrogen) atoms. The lowest BCUT2D eigenvalue weighted by Gasteiger charge is -2.17. The van der Waals surface area contributed by atoms with Gasteiger partial charge >= 0.3 is 6.18 Å². The fourth-order valence-corrected chi connectivity index (χ4v) is 1.54. The zero-order chi connectivity index (χ0) is 10.8. The Balaban J connectivity index is 2.45. The van der Waals surface area contributed by atoms with E-state index in [1.807, 2.05) is 0 Å². The topological polar surface area (TPSA) is 46.3 Å². The highest BCUT2D eigenvalue weighted by Crippen LogP contribution is 2.33. The molecule has 1 atom stereocenters. The van der Waals surface area contributed by atoms with Crippen molar-refractivity contribution in [2.24, 2.45) is 11.7 Å². The monoisotopic (exact) mass is 210 g/mol. The van der Waals surface area contributed by atoms with Crippen molar-refractivity contribution in [3.8, 4) is 0 Å². The second-order valence-electron chi connectivity index (χ2n) is 3.41. The number of carbonyl (C=O) groups is 1. The maximum absolute atomic E-state index is 12.2. The van der Waals surface area contributed by atoms with Gasteiger partial charge in [-0.15, -0.1) is 0 Å². The predicted octanol–water partition coefficient (Wildman–Crippen LogP) is 0.746. The molecule has 1 rings (SSSR count). The van der Waals surface area contributed by atoms with Crippen molar-refractivity contribution in [3.05, 3.63) is 0 Å². The molecule has 0 aromatic rings. The van der Waals surface area contributed by atoms with Crippen molar-refractivity contribution >= 4 is 5.91 Å². The molecular weight excluding hydrogens is 197 g/mol. The molecule has 2 N–H and O–H groups in total. The minimum Gasteiger partial charge on any atom is -0.342 e. The highest BCUT2D eigenvalue weighted by atomic mass is 19.4. The Morgan fingerprint density at radius 1 is 1.50 bits per heavy atom. The Morgan fingerprint density at radius 3 is 2.57 bits per heavy atom. The van der Waals surface area contributed by atoms with E-state index in [0.29, 0.717) is 0 Å². The van der Waals surface area contributed by atoms with E-state index < -0.39 is 12.1 Å². The maximum Gasteiger partial charge on any atom is 0.393 e. The number of amides is 1. The molecule has 1 saturated heterocycles. The first kappa shape index (κ1) is 11.3. The van der Waals surface area contributed by atoms with E-state index in [4.69, 9.17) is 5.73 Å². The number of halogens is 3. The van der Waals surface area contributed by atoms with Crippen LogP contribution in [-0.4, -0.2) is 36.6 Å². The minimum atomic E-state index is -4.18. The number of rotatable bonds is 2. The summed E-state index contributed by atoms with van der Waals surface area (Å²) in [5, 5.41) is 0. The van der Waals surface area contributed by atoms with Crippen LogP contribution in [0.1, 0.15) is 12.8 Å². The number of likely N-dealkylation sites (tertiary alicyclic amines) is 1. The van der Waals surface area contributed by atoms with E-state index in [0.717, 1.165) is 0 Å². The molecule has 0 unspecified atom stereocenters. The molecule has 3 nitrogen and oxygen atoms in total. The van der Waals surface area contributed by atoms with Gasteiger partial charge in [-0.2, -0.15) is 13.2 Å². The first-order chi connectivity index (χ1) is 6.45. The predicted molar refractivity (Wildman–Crippen MR) is 44.4 cm³/mol. The van der Waals surface area contributed by atoms with Gasteiger partial charge in [0.1, 0.15) is 0 Å². The molecule has 0 saturated carbocycles. The molecule has 0 radical (unpaired) electrons. The van der Waals surface area contributed by atoms with Crippen molar-refractivity contribution in [2.45, 2.75) is 19.0 Å². The molecule has 0 aromatic heterocycles. The SMILES string of the molecule is NCCC(=O)N1CC[C@H](C(F)(F)F)C1. The summed E-state index contributed by atoms with van der Waals surface area (Å²) in [7, 11) is 0. The molecule has 0 bridgehead atoms. The van der Waals surface area contributed by atoms with Gasteiger partial charge in [-0.25, -0.2) is 0 Å². The Morgan fingerprint density at radius 2 is 2.14 bits per heavy atom. The van der Waals surface area contributed by atoms with Gasteiger partial charge < -0.3 is 10.6 Å². The third-order valence-electron chi connectivity index (χ3n) is 2.36. The van der Waals surface area contributed by atoms with E-state index >= 15 is 0 Å². The zero-order valence-corrected chi connectivity index (χ0v) is 7.68. The minimum absolute atomic E-state index is 0.0137. The van der Waals surface area contributed by atoms with Crippen LogP contribution in [0.5, 0.6) is 0 Å². The van der Waals surface area contributed by atoms with Crippen molar-refractivity contribution < 1.29 is 18.0 Å². The van der Waals surface area contributed by atoms with Crippen molar-refractivity contribution in [3.63, 3.8) is 0 Å². The average molecular weight is 210 g/mol. The highest BCUT2D eigenvalue weighted by molar-refractivity contribution is 5.76. The van der Waals surface area contributed by atoms with Crippen LogP contribution < -0.4 is 5.73 Å². The van der Waals surface area contributed by atoms with E-state index in [1.54, 1.807) is 0 Å². The number of alkyl halides is 3. The lowest BCUT2D eigenvalue weighted by atomic mass is 10.1. The highest BCUT2D eigenvalue weighted by Gasteiger charge is 2.44. The maximum atomic E-state index is 12.2. The Kier molecular flexibility index (Phi) is 3.36. The number of nitrogens with two attached hydrogens (primary N) is 1. The molecule has 1 amide bonds. The third kappa shape index (κ3) is 2.60. The van der Waals surface area contributed by atoms with Gasteiger partial charge in [0.15, 0.2) is 0 Å². The van der Waals surface area contributed by atoms with Crippen LogP contribution in [-0.2, 0) is 4.79 Å². The third-order valence-corrected chi connectivity index (χ3v) is 2.36. The molecule has 1 aliphatic heterocycles. The number of hydrogen-bond donors (Lipinski definition) is 1. The Labute approximate surface area is 80.0 Å². The Hall–Kier alpha value is -0.780. The molecule has 1 fully saturated rings. The fraction of sp³-hybridized carbons (Fsp3) is 0.875. The van der Waals surface area contributed by atoms with E-state index in [9.17, 15) is 18.0 Å². The molecule has 1 aliphatic rings. The summed E-state index contributed by atoms with van der Waals surface area (Å²) in [6.45, 7) is 0.178. The largest absolute Gasteiger partial charge is 0.393 e. The van der Waals surface area contributed by atoms with Gasteiger partial charge in [0.2, 0.25) is 5.91 Å².